The van der Waals surface area contributed by atoms with Crippen LogP contribution in [0.2, 0.25) is 0 Å². The van der Waals surface area contributed by atoms with Crippen molar-refractivity contribution >= 4 is 22.6 Å². The highest BCUT2D eigenvalue weighted by molar-refractivity contribution is 6.63. The lowest BCUT2D eigenvalue weighted by Gasteiger charge is -2.03. The highest BCUT2D eigenvalue weighted by atomic mass is 35.5. The number of hydrogen-bond donors (Lipinski definition) is 0. The normalized spacial score (nSPS) is 24.1. The van der Waals surface area contributed by atoms with Crippen molar-refractivity contribution in [2.45, 2.75) is 32.1 Å². The first-order valence-electron chi connectivity index (χ1n) is 3.88. The molecular formula is C8H11ClO2. The van der Waals surface area contributed by atoms with Gasteiger partial charge >= 0.3 is 0 Å². The first kappa shape index (κ1) is 8.72. The van der Waals surface area contributed by atoms with Crippen molar-refractivity contribution in [2.24, 2.45) is 5.92 Å². The average Bonchev–Trinajstić information content (AvgIpc) is 2.31. The molecule has 1 atom stereocenters. The monoisotopic (exact) mass is 174 g/mol. The fraction of sp³-hybridized carbons (Fsp3) is 0.750. The molecule has 0 N–H and O–H groups in total. The van der Waals surface area contributed by atoms with E-state index in [1.807, 2.05) is 0 Å². The molecule has 62 valence electrons. The minimum Gasteiger partial charge on any atom is -0.300 e. The van der Waals surface area contributed by atoms with Crippen LogP contribution in [0.25, 0.3) is 0 Å². The van der Waals surface area contributed by atoms with Gasteiger partial charge in [0.1, 0.15) is 5.78 Å². The number of carbonyl (C=O) groups is 2. The Hall–Kier alpha value is -0.370. The molecule has 0 spiro atoms. The molecule has 0 heterocycles. The molecule has 0 bridgehead atoms. The van der Waals surface area contributed by atoms with E-state index in [0.29, 0.717) is 31.0 Å². The van der Waals surface area contributed by atoms with Gasteiger partial charge in [-0.15, -0.1) is 0 Å². The van der Waals surface area contributed by atoms with Gasteiger partial charge in [0, 0.05) is 19.3 Å². The molecule has 11 heavy (non-hydrogen) atoms. The van der Waals surface area contributed by atoms with Gasteiger partial charge in [-0.25, -0.2) is 0 Å². The van der Waals surface area contributed by atoms with Crippen LogP contribution in [0.1, 0.15) is 32.1 Å². The highest BCUT2D eigenvalue weighted by Crippen LogP contribution is 2.26. The Morgan fingerprint density at radius 2 is 2.36 bits per heavy atom. The zero-order valence-corrected chi connectivity index (χ0v) is 7.06. The second-order valence-electron chi connectivity index (χ2n) is 3.04. The van der Waals surface area contributed by atoms with Crippen LogP contribution in [-0.4, -0.2) is 11.0 Å². The second-order valence-corrected chi connectivity index (χ2v) is 3.46. The van der Waals surface area contributed by atoms with Crippen LogP contribution in [-0.2, 0) is 9.59 Å². The summed E-state index contributed by atoms with van der Waals surface area (Å²) in [7, 11) is 0. The number of carbonyl (C=O) groups excluding carboxylic acids is 2. The van der Waals surface area contributed by atoms with Crippen molar-refractivity contribution in [2.75, 3.05) is 0 Å². The lowest BCUT2D eigenvalue weighted by molar-refractivity contribution is -0.118. The van der Waals surface area contributed by atoms with Crippen LogP contribution in [0.4, 0.5) is 0 Å². The molecule has 0 aromatic carbocycles. The molecule has 2 nitrogen and oxygen atoms in total. The summed E-state index contributed by atoms with van der Waals surface area (Å²) in [5.41, 5.74) is 0. The van der Waals surface area contributed by atoms with Crippen molar-refractivity contribution in [3.63, 3.8) is 0 Å². The van der Waals surface area contributed by atoms with Crippen LogP contribution < -0.4 is 0 Å². The number of rotatable bonds is 3. The summed E-state index contributed by atoms with van der Waals surface area (Å²) < 4.78 is 0. The Bertz CT molecular complexity index is 177. The zero-order chi connectivity index (χ0) is 8.27. The van der Waals surface area contributed by atoms with Gasteiger partial charge in [-0.1, -0.05) is 0 Å². The maximum absolute atomic E-state index is 10.8. The third kappa shape index (κ3) is 3.02. The fourth-order valence-electron chi connectivity index (χ4n) is 1.46. The Morgan fingerprint density at radius 3 is 2.82 bits per heavy atom. The highest BCUT2D eigenvalue weighted by Gasteiger charge is 2.21. The summed E-state index contributed by atoms with van der Waals surface area (Å²) in [5, 5.41) is -0.288. The van der Waals surface area contributed by atoms with Crippen molar-refractivity contribution in [3.8, 4) is 0 Å². The molecule has 1 aliphatic rings. The SMILES string of the molecule is O=C(Cl)CCC1CCC(=O)C1. The van der Waals surface area contributed by atoms with Crippen molar-refractivity contribution < 1.29 is 9.59 Å². The Labute approximate surface area is 70.9 Å². The lowest BCUT2D eigenvalue weighted by atomic mass is 10.0. The quantitative estimate of drug-likeness (QED) is 0.613. The third-order valence-electron chi connectivity index (χ3n) is 2.10. The van der Waals surface area contributed by atoms with E-state index in [0.717, 1.165) is 12.8 Å². The maximum Gasteiger partial charge on any atom is 0.221 e. The number of hydrogen-bond acceptors (Lipinski definition) is 2. The van der Waals surface area contributed by atoms with Crippen molar-refractivity contribution in [1.82, 2.24) is 0 Å². The summed E-state index contributed by atoms with van der Waals surface area (Å²) in [6.45, 7) is 0. The molecular weight excluding hydrogens is 164 g/mol. The number of halogens is 1. The predicted molar refractivity (Wildman–Crippen MR) is 42.4 cm³/mol. The molecule has 0 aliphatic heterocycles. The summed E-state index contributed by atoms with van der Waals surface area (Å²) in [5.74, 6) is 0.752. The summed E-state index contributed by atoms with van der Waals surface area (Å²) in [6, 6.07) is 0. The summed E-state index contributed by atoms with van der Waals surface area (Å²) >= 11 is 5.17. The molecule has 3 heteroatoms. The minimum atomic E-state index is -0.288. The second kappa shape index (κ2) is 3.86. The van der Waals surface area contributed by atoms with Crippen LogP contribution in [0.3, 0.4) is 0 Å². The van der Waals surface area contributed by atoms with Crippen LogP contribution in [0.15, 0.2) is 0 Å². The van der Waals surface area contributed by atoms with Gasteiger partial charge in [0.05, 0.1) is 0 Å². The van der Waals surface area contributed by atoms with Crippen LogP contribution in [0.5, 0.6) is 0 Å². The number of Topliss-reactive ketones (excluding diaryl/α,β-unsaturated/α-hetero) is 1. The largest absolute Gasteiger partial charge is 0.300 e. The smallest absolute Gasteiger partial charge is 0.221 e. The van der Waals surface area contributed by atoms with E-state index >= 15 is 0 Å². The molecule has 0 radical (unpaired) electrons. The topological polar surface area (TPSA) is 34.1 Å². The molecule has 0 aromatic heterocycles. The van der Waals surface area contributed by atoms with Gasteiger partial charge in [0.15, 0.2) is 0 Å². The van der Waals surface area contributed by atoms with E-state index in [2.05, 4.69) is 0 Å². The molecule has 1 rings (SSSR count). The molecule has 0 saturated heterocycles. The van der Waals surface area contributed by atoms with E-state index in [4.69, 9.17) is 11.6 Å². The number of ketones is 1. The Balaban J connectivity index is 2.18. The lowest BCUT2D eigenvalue weighted by Crippen LogP contribution is -1.97. The van der Waals surface area contributed by atoms with E-state index < -0.39 is 0 Å². The maximum atomic E-state index is 10.8. The Morgan fingerprint density at radius 1 is 1.64 bits per heavy atom. The van der Waals surface area contributed by atoms with Gasteiger partial charge in [-0.3, -0.25) is 9.59 Å². The zero-order valence-electron chi connectivity index (χ0n) is 6.31. The molecule has 1 unspecified atom stereocenters. The van der Waals surface area contributed by atoms with Gasteiger partial charge < -0.3 is 0 Å². The minimum absolute atomic E-state index is 0.288. The van der Waals surface area contributed by atoms with Gasteiger partial charge in [-0.2, -0.15) is 0 Å². The van der Waals surface area contributed by atoms with Crippen LogP contribution >= 0.6 is 11.6 Å². The molecule has 1 fully saturated rings. The fourth-order valence-corrected chi connectivity index (χ4v) is 1.56. The first-order chi connectivity index (χ1) is 5.18. The van der Waals surface area contributed by atoms with E-state index in [1.165, 1.54) is 0 Å². The third-order valence-corrected chi connectivity index (χ3v) is 2.29. The van der Waals surface area contributed by atoms with E-state index in [1.54, 1.807) is 0 Å². The standard InChI is InChI=1S/C8H11ClO2/c9-8(11)4-2-6-1-3-7(10)5-6/h6H,1-5H2. The molecule has 1 saturated carbocycles. The predicted octanol–water partition coefficient (Wildman–Crippen LogP) is 1.90. The molecule has 0 aromatic rings. The van der Waals surface area contributed by atoms with E-state index in [9.17, 15) is 9.59 Å². The van der Waals surface area contributed by atoms with Gasteiger partial charge in [0.2, 0.25) is 5.24 Å². The molecule has 1 aliphatic carbocycles. The van der Waals surface area contributed by atoms with Crippen molar-refractivity contribution in [3.05, 3.63) is 0 Å². The van der Waals surface area contributed by atoms with E-state index in [-0.39, 0.29) is 5.24 Å². The first-order valence-corrected chi connectivity index (χ1v) is 4.26. The summed E-state index contributed by atoms with van der Waals surface area (Å²) in [6.07, 6.45) is 3.50. The average molecular weight is 175 g/mol. The Kier molecular flexibility index (Phi) is 3.06. The molecule has 0 amide bonds. The summed E-state index contributed by atoms with van der Waals surface area (Å²) in [4.78, 5) is 21.1. The van der Waals surface area contributed by atoms with Crippen LogP contribution in [0, 0.1) is 5.92 Å². The van der Waals surface area contributed by atoms with Gasteiger partial charge in [0.25, 0.3) is 0 Å². The van der Waals surface area contributed by atoms with Gasteiger partial charge in [-0.05, 0) is 30.4 Å². The van der Waals surface area contributed by atoms with Crippen molar-refractivity contribution in [1.29, 1.82) is 0 Å².